The third-order valence-electron chi connectivity index (χ3n) is 2.82. The molecule has 5 nitrogen and oxygen atoms in total. The van der Waals surface area contributed by atoms with E-state index < -0.39 is 16.1 Å². The Morgan fingerprint density at radius 2 is 2.06 bits per heavy atom. The largest absolute Gasteiger partial charge is 0.398 e. The van der Waals surface area contributed by atoms with Crippen LogP contribution in [0.15, 0.2) is 17.0 Å². The Labute approximate surface area is 105 Å². The highest BCUT2D eigenvalue weighted by Gasteiger charge is 2.35. The molecule has 17 heavy (non-hydrogen) atoms. The quantitative estimate of drug-likeness (QED) is 0.775. The Balaban J connectivity index is 2.41. The van der Waals surface area contributed by atoms with E-state index >= 15 is 0 Å². The van der Waals surface area contributed by atoms with E-state index in [4.69, 9.17) is 22.4 Å². The van der Waals surface area contributed by atoms with E-state index in [1.54, 1.807) is 6.92 Å². The molecule has 0 amide bonds. The summed E-state index contributed by atoms with van der Waals surface area (Å²) >= 11 is 5.91. The van der Waals surface area contributed by atoms with Gasteiger partial charge in [0.05, 0.1) is 11.0 Å². The van der Waals surface area contributed by atoms with E-state index in [2.05, 4.69) is 0 Å². The summed E-state index contributed by atoms with van der Waals surface area (Å²) in [5, 5.41) is 9.45. The fourth-order valence-electron chi connectivity index (χ4n) is 1.59. The molecule has 7 heteroatoms. The van der Waals surface area contributed by atoms with Crippen molar-refractivity contribution in [1.29, 1.82) is 0 Å². The lowest BCUT2D eigenvalue weighted by atomic mass is 10.2. The second-order valence-electron chi connectivity index (χ2n) is 4.10. The second-order valence-corrected chi connectivity index (χ2v) is 6.44. The summed E-state index contributed by atoms with van der Waals surface area (Å²) < 4.78 is 25.3. The van der Waals surface area contributed by atoms with Gasteiger partial charge in [0, 0.05) is 23.8 Å². The van der Waals surface area contributed by atoms with Gasteiger partial charge in [0.25, 0.3) is 0 Å². The van der Waals surface area contributed by atoms with Crippen molar-refractivity contribution in [2.45, 2.75) is 17.9 Å². The average molecular weight is 277 g/mol. The summed E-state index contributed by atoms with van der Waals surface area (Å²) in [5.41, 5.74) is 6.69. The highest BCUT2D eigenvalue weighted by atomic mass is 35.5. The Bertz CT molecular complexity index is 530. The zero-order valence-corrected chi connectivity index (χ0v) is 10.8. The molecular weight excluding hydrogens is 264 g/mol. The van der Waals surface area contributed by atoms with Crippen molar-refractivity contribution in [3.8, 4) is 0 Å². The van der Waals surface area contributed by atoms with E-state index in [0.29, 0.717) is 16.3 Å². The number of nitrogens with zero attached hydrogens (tertiary/aromatic N) is 1. The van der Waals surface area contributed by atoms with Crippen LogP contribution < -0.4 is 5.73 Å². The van der Waals surface area contributed by atoms with Crippen LogP contribution in [0, 0.1) is 6.92 Å². The lowest BCUT2D eigenvalue weighted by Crippen LogP contribution is -2.53. The van der Waals surface area contributed by atoms with Crippen LogP contribution in [0.5, 0.6) is 0 Å². The highest BCUT2D eigenvalue weighted by Crippen LogP contribution is 2.29. The van der Waals surface area contributed by atoms with E-state index in [1.807, 2.05) is 0 Å². The molecule has 0 bridgehead atoms. The first-order chi connectivity index (χ1) is 7.82. The molecule has 1 aliphatic heterocycles. The number of anilines is 1. The number of hydrogen-bond acceptors (Lipinski definition) is 4. The molecule has 0 spiro atoms. The summed E-state index contributed by atoms with van der Waals surface area (Å²) in [4.78, 5) is 0.0671. The zero-order chi connectivity index (χ0) is 12.8. The molecule has 0 atom stereocenters. The van der Waals surface area contributed by atoms with Crippen LogP contribution in [0.4, 0.5) is 5.69 Å². The average Bonchev–Trinajstić information content (AvgIpc) is 2.20. The van der Waals surface area contributed by atoms with Crippen molar-refractivity contribution < 1.29 is 13.5 Å². The first kappa shape index (κ1) is 12.6. The summed E-state index contributed by atoms with van der Waals surface area (Å²) in [6.45, 7) is 1.96. The minimum atomic E-state index is -3.59. The fourth-order valence-corrected chi connectivity index (χ4v) is 3.45. The van der Waals surface area contributed by atoms with E-state index in [0.717, 1.165) is 0 Å². The van der Waals surface area contributed by atoms with Crippen molar-refractivity contribution in [3.05, 3.63) is 22.7 Å². The molecule has 1 aromatic carbocycles. The Morgan fingerprint density at radius 1 is 1.47 bits per heavy atom. The SMILES string of the molecule is Cc1c(N)cc(S(=O)(=O)N2CC(O)C2)cc1Cl. The predicted octanol–water partition coefficient (Wildman–Crippen LogP) is 0.596. The van der Waals surface area contributed by atoms with Gasteiger partial charge in [0.2, 0.25) is 10.0 Å². The number of rotatable bonds is 2. The maximum absolute atomic E-state index is 12.1. The van der Waals surface area contributed by atoms with Gasteiger partial charge in [0.1, 0.15) is 0 Å². The Kier molecular flexibility index (Phi) is 3.07. The van der Waals surface area contributed by atoms with E-state index in [9.17, 15) is 8.42 Å². The molecule has 0 unspecified atom stereocenters. The standard InChI is InChI=1S/C10H13ClN2O3S/c1-6-9(11)2-8(3-10(6)12)17(15,16)13-4-7(14)5-13/h2-3,7,14H,4-5,12H2,1H3. The van der Waals surface area contributed by atoms with Crippen molar-refractivity contribution in [2.75, 3.05) is 18.8 Å². The number of β-amino-alcohol motifs (C(OH)–C–C–N with tert-alkyl or cyclic N) is 1. The Morgan fingerprint density at radius 3 is 2.53 bits per heavy atom. The van der Waals surface area contributed by atoms with E-state index in [-0.39, 0.29) is 18.0 Å². The number of hydrogen-bond donors (Lipinski definition) is 2. The van der Waals surface area contributed by atoms with Gasteiger partial charge < -0.3 is 10.8 Å². The molecular formula is C10H13ClN2O3S. The smallest absolute Gasteiger partial charge is 0.243 e. The van der Waals surface area contributed by atoms with Crippen LogP contribution in [0.3, 0.4) is 0 Å². The number of sulfonamides is 1. The lowest BCUT2D eigenvalue weighted by Gasteiger charge is -2.34. The highest BCUT2D eigenvalue weighted by molar-refractivity contribution is 7.89. The van der Waals surface area contributed by atoms with E-state index in [1.165, 1.54) is 16.4 Å². The Hall–Kier alpha value is -0.820. The summed E-state index contributed by atoms with van der Waals surface area (Å²) in [5.74, 6) is 0. The first-order valence-electron chi connectivity index (χ1n) is 5.06. The number of halogens is 1. The van der Waals surface area contributed by atoms with Gasteiger partial charge in [0.15, 0.2) is 0 Å². The minimum Gasteiger partial charge on any atom is -0.398 e. The summed E-state index contributed by atoms with van der Waals surface area (Å²) in [7, 11) is -3.59. The predicted molar refractivity (Wildman–Crippen MR) is 65.4 cm³/mol. The maximum atomic E-state index is 12.1. The van der Waals surface area contributed by atoms with Crippen LogP contribution in [0.1, 0.15) is 5.56 Å². The van der Waals surface area contributed by atoms with Gasteiger partial charge in [-0.15, -0.1) is 0 Å². The van der Waals surface area contributed by atoms with Gasteiger partial charge in [-0.2, -0.15) is 4.31 Å². The van der Waals surface area contributed by atoms with Crippen LogP contribution in [0.25, 0.3) is 0 Å². The van der Waals surface area contributed by atoms with Gasteiger partial charge in [-0.3, -0.25) is 0 Å². The van der Waals surface area contributed by atoms with Crippen molar-refractivity contribution >= 4 is 27.3 Å². The third-order valence-corrected chi connectivity index (χ3v) is 5.03. The van der Waals surface area contributed by atoms with Gasteiger partial charge in [-0.1, -0.05) is 11.6 Å². The van der Waals surface area contributed by atoms with Crippen LogP contribution in [-0.4, -0.2) is 37.0 Å². The summed E-state index contributed by atoms with van der Waals surface area (Å²) in [6, 6.07) is 2.77. The van der Waals surface area contributed by atoms with Gasteiger partial charge in [-0.25, -0.2) is 8.42 Å². The molecule has 3 N–H and O–H groups in total. The molecule has 0 aromatic heterocycles. The van der Waals surface area contributed by atoms with Gasteiger partial charge in [-0.05, 0) is 24.6 Å². The first-order valence-corrected chi connectivity index (χ1v) is 6.88. The second kappa shape index (κ2) is 4.13. The van der Waals surface area contributed by atoms with Crippen LogP contribution in [-0.2, 0) is 10.0 Å². The molecule has 1 heterocycles. The monoisotopic (exact) mass is 276 g/mol. The zero-order valence-electron chi connectivity index (χ0n) is 9.22. The molecule has 0 aliphatic carbocycles. The fraction of sp³-hybridized carbons (Fsp3) is 0.400. The molecule has 1 aromatic rings. The summed E-state index contributed by atoms with van der Waals surface area (Å²) in [6.07, 6.45) is -0.581. The number of nitrogen functional groups attached to an aromatic ring is 1. The third kappa shape index (κ3) is 2.13. The lowest BCUT2D eigenvalue weighted by molar-refractivity contribution is 0.0548. The molecule has 94 valence electrons. The van der Waals surface area contributed by atoms with Crippen molar-refractivity contribution in [2.24, 2.45) is 0 Å². The number of aliphatic hydroxyl groups is 1. The number of benzene rings is 1. The topological polar surface area (TPSA) is 83.6 Å². The molecule has 1 fully saturated rings. The molecule has 1 aliphatic rings. The molecule has 1 saturated heterocycles. The van der Waals surface area contributed by atoms with Crippen molar-refractivity contribution in [3.63, 3.8) is 0 Å². The molecule has 2 rings (SSSR count). The minimum absolute atomic E-state index is 0.0671. The van der Waals surface area contributed by atoms with Crippen LogP contribution >= 0.6 is 11.6 Å². The maximum Gasteiger partial charge on any atom is 0.243 e. The normalized spacial score (nSPS) is 18.1. The number of aliphatic hydroxyl groups excluding tert-OH is 1. The molecule has 0 radical (unpaired) electrons. The van der Waals surface area contributed by atoms with Gasteiger partial charge >= 0.3 is 0 Å². The number of nitrogens with two attached hydrogens (primary N) is 1. The van der Waals surface area contributed by atoms with Crippen LogP contribution in [0.2, 0.25) is 5.02 Å². The molecule has 0 saturated carbocycles. The van der Waals surface area contributed by atoms with Crippen molar-refractivity contribution in [1.82, 2.24) is 4.31 Å².